The maximum Gasteiger partial charge on any atom is 0.191 e. The lowest BCUT2D eigenvalue weighted by Crippen LogP contribution is -2.36. The number of nitrogens with zero attached hydrogens (tertiary/aromatic N) is 1. The molecule has 0 aliphatic rings. The van der Waals surface area contributed by atoms with Crippen molar-refractivity contribution < 1.29 is 4.74 Å². The van der Waals surface area contributed by atoms with E-state index in [1.54, 1.807) is 7.05 Å². The lowest BCUT2D eigenvalue weighted by molar-refractivity contribution is 0.0657. The van der Waals surface area contributed by atoms with Gasteiger partial charge in [0.15, 0.2) is 5.96 Å². The zero-order chi connectivity index (χ0) is 18.1. The number of aliphatic imine (C=N–C) groups is 1. The molecule has 2 aromatic carbocycles. The van der Waals surface area contributed by atoms with Crippen molar-refractivity contribution in [2.45, 2.75) is 39.6 Å². The van der Waals surface area contributed by atoms with Crippen molar-refractivity contribution in [2.24, 2.45) is 4.99 Å². The summed E-state index contributed by atoms with van der Waals surface area (Å²) >= 11 is 5.91. The van der Waals surface area contributed by atoms with Crippen LogP contribution in [0.1, 0.15) is 30.5 Å². The minimum absolute atomic E-state index is 0.234. The summed E-state index contributed by atoms with van der Waals surface area (Å²) in [7, 11) is 1.77. The van der Waals surface area contributed by atoms with Gasteiger partial charge >= 0.3 is 0 Å². The fourth-order valence-electron chi connectivity index (χ4n) is 2.29. The Morgan fingerprint density at radius 2 is 1.64 bits per heavy atom. The van der Waals surface area contributed by atoms with E-state index in [2.05, 4.69) is 39.9 Å². The molecule has 0 bridgehead atoms. The fourth-order valence-corrected chi connectivity index (χ4v) is 2.41. The number of ether oxygens (including phenoxy) is 1. The van der Waals surface area contributed by atoms with Crippen LogP contribution in [0, 0.1) is 0 Å². The molecule has 0 aliphatic heterocycles. The predicted molar refractivity (Wildman–Crippen MR) is 105 cm³/mol. The minimum atomic E-state index is 0.234. The Morgan fingerprint density at radius 3 is 2.28 bits per heavy atom. The molecule has 4 nitrogen and oxygen atoms in total. The van der Waals surface area contributed by atoms with E-state index >= 15 is 0 Å². The molecule has 0 amide bonds. The minimum Gasteiger partial charge on any atom is -0.374 e. The van der Waals surface area contributed by atoms with Gasteiger partial charge in [-0.15, -0.1) is 0 Å². The SMILES string of the molecule is CN=C(NCc1ccc(Cl)cc1)NCc1cccc(COC(C)C)c1. The third kappa shape index (κ3) is 7.16. The molecule has 0 fully saturated rings. The quantitative estimate of drug-likeness (QED) is 0.577. The third-order valence-electron chi connectivity index (χ3n) is 3.63. The van der Waals surface area contributed by atoms with Gasteiger partial charge in [0.2, 0.25) is 0 Å². The summed E-state index contributed by atoms with van der Waals surface area (Å²) in [6.07, 6.45) is 0.234. The first-order valence-electron chi connectivity index (χ1n) is 8.45. The van der Waals surface area contributed by atoms with E-state index in [4.69, 9.17) is 16.3 Å². The van der Waals surface area contributed by atoms with Crippen LogP contribution in [0.15, 0.2) is 53.5 Å². The molecule has 25 heavy (non-hydrogen) atoms. The van der Waals surface area contributed by atoms with Crippen LogP contribution in [0.3, 0.4) is 0 Å². The predicted octanol–water partition coefficient (Wildman–Crippen LogP) is 4.13. The van der Waals surface area contributed by atoms with Crippen molar-refractivity contribution in [1.82, 2.24) is 10.6 Å². The molecule has 0 saturated heterocycles. The number of benzene rings is 2. The summed E-state index contributed by atoms with van der Waals surface area (Å²) in [5, 5.41) is 7.38. The van der Waals surface area contributed by atoms with Gasteiger partial charge in [0.1, 0.15) is 0 Å². The normalized spacial score (nSPS) is 11.6. The highest BCUT2D eigenvalue weighted by molar-refractivity contribution is 6.30. The molecule has 0 aliphatic carbocycles. The lowest BCUT2D eigenvalue weighted by Gasteiger charge is -2.13. The highest BCUT2D eigenvalue weighted by Crippen LogP contribution is 2.09. The number of nitrogens with one attached hydrogen (secondary N) is 2. The number of halogens is 1. The molecule has 2 aromatic rings. The summed E-state index contributed by atoms with van der Waals surface area (Å²) in [4.78, 5) is 4.26. The smallest absolute Gasteiger partial charge is 0.191 e. The molecule has 0 heterocycles. The van der Waals surface area contributed by atoms with Crippen LogP contribution in [-0.4, -0.2) is 19.1 Å². The molecule has 2 N–H and O–H groups in total. The second-order valence-electron chi connectivity index (χ2n) is 6.09. The van der Waals surface area contributed by atoms with Crippen LogP contribution in [-0.2, 0) is 24.4 Å². The molecule has 0 saturated carbocycles. The Labute approximate surface area is 155 Å². The Kier molecular flexibility index (Phi) is 7.76. The Morgan fingerprint density at radius 1 is 1.00 bits per heavy atom. The molecule has 0 unspecified atom stereocenters. The summed E-state index contributed by atoms with van der Waals surface area (Å²) in [5.41, 5.74) is 3.52. The van der Waals surface area contributed by atoms with Gasteiger partial charge in [-0.1, -0.05) is 48.0 Å². The second kappa shape index (κ2) is 10.1. The molecule has 0 spiro atoms. The number of hydrogen-bond donors (Lipinski definition) is 2. The van der Waals surface area contributed by atoms with Gasteiger partial charge in [0.25, 0.3) is 0 Å². The van der Waals surface area contributed by atoms with Gasteiger partial charge in [0, 0.05) is 25.2 Å². The summed E-state index contributed by atoms with van der Waals surface area (Å²) in [6.45, 7) is 6.12. The first kappa shape index (κ1) is 19.3. The lowest BCUT2D eigenvalue weighted by atomic mass is 10.1. The van der Waals surface area contributed by atoms with E-state index in [9.17, 15) is 0 Å². The van der Waals surface area contributed by atoms with Gasteiger partial charge in [-0.05, 0) is 42.7 Å². The monoisotopic (exact) mass is 359 g/mol. The van der Waals surface area contributed by atoms with E-state index < -0.39 is 0 Å². The van der Waals surface area contributed by atoms with E-state index in [1.807, 2.05) is 38.1 Å². The topological polar surface area (TPSA) is 45.7 Å². The van der Waals surface area contributed by atoms with Crippen LogP contribution in [0.4, 0.5) is 0 Å². The van der Waals surface area contributed by atoms with Gasteiger partial charge in [-0.25, -0.2) is 0 Å². The molecule has 0 atom stereocenters. The molecular formula is C20H26ClN3O. The van der Waals surface area contributed by atoms with Crippen LogP contribution < -0.4 is 10.6 Å². The number of guanidine groups is 1. The highest BCUT2D eigenvalue weighted by Gasteiger charge is 2.02. The van der Waals surface area contributed by atoms with Crippen molar-refractivity contribution in [3.8, 4) is 0 Å². The maximum absolute atomic E-state index is 5.91. The van der Waals surface area contributed by atoms with Crippen molar-refractivity contribution in [2.75, 3.05) is 7.05 Å². The fraction of sp³-hybridized carbons (Fsp3) is 0.350. The van der Waals surface area contributed by atoms with Crippen LogP contribution >= 0.6 is 11.6 Å². The van der Waals surface area contributed by atoms with Crippen LogP contribution in [0.25, 0.3) is 0 Å². The van der Waals surface area contributed by atoms with E-state index in [-0.39, 0.29) is 6.10 Å². The summed E-state index contributed by atoms with van der Waals surface area (Å²) in [6, 6.07) is 16.2. The number of hydrogen-bond acceptors (Lipinski definition) is 2. The third-order valence-corrected chi connectivity index (χ3v) is 3.88. The molecule has 134 valence electrons. The summed E-state index contributed by atoms with van der Waals surface area (Å²) in [5.74, 6) is 0.763. The van der Waals surface area contributed by atoms with E-state index in [1.165, 1.54) is 11.1 Å². The first-order chi connectivity index (χ1) is 12.1. The number of rotatable bonds is 7. The zero-order valence-electron chi connectivity index (χ0n) is 15.1. The molecule has 0 aromatic heterocycles. The van der Waals surface area contributed by atoms with E-state index in [0.717, 1.165) is 16.5 Å². The standard InChI is InChI=1S/C20H26ClN3O/c1-15(2)25-14-18-6-4-5-17(11-18)13-24-20(22-3)23-12-16-7-9-19(21)10-8-16/h4-11,15H,12-14H2,1-3H3,(H2,22,23,24). The molecular weight excluding hydrogens is 334 g/mol. The zero-order valence-corrected chi connectivity index (χ0v) is 15.8. The molecule has 0 radical (unpaired) electrons. The Hall–Kier alpha value is -2.04. The van der Waals surface area contributed by atoms with Crippen molar-refractivity contribution in [1.29, 1.82) is 0 Å². The largest absolute Gasteiger partial charge is 0.374 e. The van der Waals surface area contributed by atoms with Gasteiger partial charge in [-0.3, -0.25) is 4.99 Å². The Balaban J connectivity index is 1.83. The Bertz CT molecular complexity index is 684. The van der Waals surface area contributed by atoms with Crippen LogP contribution in [0.2, 0.25) is 5.02 Å². The van der Waals surface area contributed by atoms with Crippen molar-refractivity contribution in [3.63, 3.8) is 0 Å². The maximum atomic E-state index is 5.91. The first-order valence-corrected chi connectivity index (χ1v) is 8.83. The second-order valence-corrected chi connectivity index (χ2v) is 6.52. The highest BCUT2D eigenvalue weighted by atomic mass is 35.5. The molecule has 2 rings (SSSR count). The van der Waals surface area contributed by atoms with Gasteiger partial charge in [-0.2, -0.15) is 0 Å². The van der Waals surface area contributed by atoms with Crippen molar-refractivity contribution in [3.05, 3.63) is 70.2 Å². The van der Waals surface area contributed by atoms with Crippen LogP contribution in [0.5, 0.6) is 0 Å². The average molecular weight is 360 g/mol. The van der Waals surface area contributed by atoms with Crippen molar-refractivity contribution >= 4 is 17.6 Å². The average Bonchev–Trinajstić information content (AvgIpc) is 2.62. The van der Waals surface area contributed by atoms with E-state index in [0.29, 0.717) is 19.7 Å². The summed E-state index contributed by atoms with van der Waals surface area (Å²) < 4.78 is 5.66. The van der Waals surface area contributed by atoms with Gasteiger partial charge in [0.05, 0.1) is 12.7 Å². The van der Waals surface area contributed by atoms with Gasteiger partial charge < -0.3 is 15.4 Å². The molecule has 5 heteroatoms.